The summed E-state index contributed by atoms with van der Waals surface area (Å²) in [7, 11) is 0. The van der Waals surface area contributed by atoms with E-state index in [0.29, 0.717) is 17.4 Å². The van der Waals surface area contributed by atoms with Crippen LogP contribution in [0.4, 0.5) is 16.3 Å². The molecular formula is C26H32N6O. The zero-order valence-electron chi connectivity index (χ0n) is 19.2. The number of allylic oxidation sites excluding steroid dienone is 1. The molecule has 7 heteroatoms. The van der Waals surface area contributed by atoms with Gasteiger partial charge in [-0.15, -0.1) is 0 Å². The SMILES string of the molecule is CC(C)N/C=C(\C=N)c1ccc2[nH]cc(NC(=O)Nc3ccc(C4CCCCC4)cn3)c2c1. The van der Waals surface area contributed by atoms with Crippen molar-refractivity contribution in [3.8, 4) is 0 Å². The maximum Gasteiger partial charge on any atom is 0.324 e. The number of amides is 2. The van der Waals surface area contributed by atoms with Crippen LogP contribution in [0.25, 0.3) is 16.5 Å². The van der Waals surface area contributed by atoms with Crippen LogP contribution < -0.4 is 16.0 Å². The number of aromatic nitrogens is 2. The number of aromatic amines is 1. The number of rotatable bonds is 7. The Bertz CT molecular complexity index is 1140. The summed E-state index contributed by atoms with van der Waals surface area (Å²) in [5, 5.41) is 17.6. The van der Waals surface area contributed by atoms with Gasteiger partial charge in [-0.2, -0.15) is 0 Å². The number of carbonyl (C=O) groups is 1. The van der Waals surface area contributed by atoms with E-state index in [2.05, 4.69) is 32.0 Å². The standard InChI is InChI=1S/C26H32N6O/c1-17(2)28-15-21(13-27)19-8-10-23-22(12-19)24(16-29-23)31-26(33)32-25-11-9-20(14-30-25)18-6-4-3-5-7-18/h8-18,27-29H,3-7H2,1-2H3,(H2,30,31,32,33)/b21-15+,27-13?. The molecule has 1 saturated carbocycles. The first-order chi connectivity index (χ1) is 16.0. The monoisotopic (exact) mass is 444 g/mol. The number of anilines is 2. The Morgan fingerprint density at radius 2 is 1.97 bits per heavy atom. The van der Waals surface area contributed by atoms with Gasteiger partial charge in [0, 0.05) is 47.3 Å². The lowest BCUT2D eigenvalue weighted by Gasteiger charge is -2.21. The second kappa shape index (κ2) is 10.3. The number of benzene rings is 1. The van der Waals surface area contributed by atoms with Crippen LogP contribution in [0.1, 0.15) is 63.0 Å². The number of hydrogen-bond donors (Lipinski definition) is 5. The second-order valence-electron chi connectivity index (χ2n) is 8.92. The van der Waals surface area contributed by atoms with E-state index in [9.17, 15) is 4.79 Å². The van der Waals surface area contributed by atoms with Gasteiger partial charge in [0.1, 0.15) is 5.82 Å². The molecule has 3 aromatic rings. The maximum absolute atomic E-state index is 12.6. The van der Waals surface area contributed by atoms with Crippen LogP contribution in [0, 0.1) is 5.41 Å². The summed E-state index contributed by atoms with van der Waals surface area (Å²) in [4.78, 5) is 20.3. The minimum atomic E-state index is -0.344. The van der Waals surface area contributed by atoms with E-state index in [0.717, 1.165) is 22.0 Å². The number of fused-ring (bicyclic) bond motifs is 1. The third-order valence-corrected chi connectivity index (χ3v) is 6.10. The zero-order chi connectivity index (χ0) is 23.2. The Morgan fingerprint density at radius 1 is 1.15 bits per heavy atom. The molecule has 0 unspecified atom stereocenters. The second-order valence-corrected chi connectivity index (χ2v) is 8.92. The topological polar surface area (TPSA) is 106 Å². The number of H-pyrrole nitrogens is 1. The van der Waals surface area contributed by atoms with Crippen LogP contribution >= 0.6 is 0 Å². The lowest BCUT2D eigenvalue weighted by Crippen LogP contribution is -2.20. The van der Waals surface area contributed by atoms with Crippen molar-refractivity contribution in [3.05, 3.63) is 60.1 Å². The van der Waals surface area contributed by atoms with Gasteiger partial charge in [0.05, 0.1) is 5.69 Å². The predicted molar refractivity (Wildman–Crippen MR) is 136 cm³/mol. The van der Waals surface area contributed by atoms with Gasteiger partial charge in [-0.25, -0.2) is 9.78 Å². The third-order valence-electron chi connectivity index (χ3n) is 6.10. The summed E-state index contributed by atoms with van der Waals surface area (Å²) in [6, 6.07) is 9.76. The molecule has 2 aromatic heterocycles. The molecule has 7 nitrogen and oxygen atoms in total. The van der Waals surface area contributed by atoms with Crippen molar-refractivity contribution in [1.82, 2.24) is 15.3 Å². The van der Waals surface area contributed by atoms with Gasteiger partial charge in [-0.3, -0.25) is 5.32 Å². The summed E-state index contributed by atoms with van der Waals surface area (Å²) in [6.07, 6.45) is 13.2. The maximum atomic E-state index is 12.6. The van der Waals surface area contributed by atoms with Crippen LogP contribution in [0.2, 0.25) is 0 Å². The number of hydrogen-bond acceptors (Lipinski definition) is 4. The minimum Gasteiger partial charge on any atom is -0.388 e. The van der Waals surface area contributed by atoms with E-state index < -0.39 is 0 Å². The number of pyridine rings is 1. The molecule has 2 heterocycles. The van der Waals surface area contributed by atoms with Gasteiger partial charge >= 0.3 is 6.03 Å². The third kappa shape index (κ3) is 5.61. The van der Waals surface area contributed by atoms with E-state index >= 15 is 0 Å². The molecule has 172 valence electrons. The molecule has 1 aliphatic rings. The molecule has 4 rings (SSSR count). The van der Waals surface area contributed by atoms with Gasteiger partial charge in [0.2, 0.25) is 0 Å². The largest absolute Gasteiger partial charge is 0.388 e. The smallest absolute Gasteiger partial charge is 0.324 e. The first kappa shape index (κ1) is 22.6. The number of urea groups is 1. The van der Waals surface area contributed by atoms with Crippen LogP contribution in [0.3, 0.4) is 0 Å². The van der Waals surface area contributed by atoms with Crippen LogP contribution in [-0.4, -0.2) is 28.3 Å². The summed E-state index contributed by atoms with van der Waals surface area (Å²) in [6.45, 7) is 4.10. The molecule has 5 N–H and O–H groups in total. The van der Waals surface area contributed by atoms with Gasteiger partial charge in [-0.1, -0.05) is 31.4 Å². The van der Waals surface area contributed by atoms with E-state index in [1.807, 2.05) is 50.5 Å². The Hall–Kier alpha value is -3.61. The van der Waals surface area contributed by atoms with E-state index in [1.54, 1.807) is 6.20 Å². The summed E-state index contributed by atoms with van der Waals surface area (Å²) >= 11 is 0. The fourth-order valence-corrected chi connectivity index (χ4v) is 4.29. The van der Waals surface area contributed by atoms with Crippen molar-refractivity contribution in [2.75, 3.05) is 10.6 Å². The lowest BCUT2D eigenvalue weighted by atomic mass is 9.85. The highest BCUT2D eigenvalue weighted by molar-refractivity contribution is 6.11. The molecule has 2 amide bonds. The Morgan fingerprint density at radius 3 is 2.67 bits per heavy atom. The normalized spacial score (nSPS) is 14.9. The van der Waals surface area contributed by atoms with Crippen molar-refractivity contribution in [1.29, 1.82) is 5.41 Å². The molecule has 0 atom stereocenters. The van der Waals surface area contributed by atoms with E-state index in [1.165, 1.54) is 43.9 Å². The van der Waals surface area contributed by atoms with Crippen LogP contribution in [0.15, 0.2) is 48.9 Å². The van der Waals surface area contributed by atoms with Gasteiger partial charge in [-0.05, 0) is 61.9 Å². The molecular weight excluding hydrogens is 412 g/mol. The Labute approximate surface area is 194 Å². The molecule has 0 bridgehead atoms. The first-order valence-electron chi connectivity index (χ1n) is 11.7. The van der Waals surface area contributed by atoms with Gasteiger partial charge in [0.25, 0.3) is 0 Å². The summed E-state index contributed by atoms with van der Waals surface area (Å²) in [5.74, 6) is 1.12. The number of carbonyl (C=O) groups excluding carboxylic acids is 1. The molecule has 0 radical (unpaired) electrons. The average Bonchev–Trinajstić information content (AvgIpc) is 3.22. The van der Waals surface area contributed by atoms with E-state index in [-0.39, 0.29) is 12.1 Å². The van der Waals surface area contributed by atoms with Crippen molar-refractivity contribution in [3.63, 3.8) is 0 Å². The zero-order valence-corrected chi connectivity index (χ0v) is 19.2. The summed E-state index contributed by atoms with van der Waals surface area (Å²) < 4.78 is 0. The van der Waals surface area contributed by atoms with Crippen LogP contribution in [0.5, 0.6) is 0 Å². The molecule has 0 saturated heterocycles. The Balaban J connectivity index is 1.45. The molecule has 33 heavy (non-hydrogen) atoms. The molecule has 0 aliphatic heterocycles. The predicted octanol–water partition coefficient (Wildman–Crippen LogP) is 6.24. The highest BCUT2D eigenvalue weighted by atomic mass is 16.2. The summed E-state index contributed by atoms with van der Waals surface area (Å²) in [5.41, 5.74) is 4.50. The quantitative estimate of drug-likeness (QED) is 0.278. The van der Waals surface area contributed by atoms with Gasteiger partial charge in [0.15, 0.2) is 0 Å². The fraction of sp³-hybridized carbons (Fsp3) is 0.346. The highest BCUT2D eigenvalue weighted by Crippen LogP contribution is 2.32. The van der Waals surface area contributed by atoms with E-state index in [4.69, 9.17) is 5.41 Å². The van der Waals surface area contributed by atoms with Crippen molar-refractivity contribution in [2.24, 2.45) is 0 Å². The van der Waals surface area contributed by atoms with Gasteiger partial charge < -0.3 is 21.0 Å². The van der Waals surface area contributed by atoms with Crippen molar-refractivity contribution >= 4 is 40.2 Å². The molecule has 1 aromatic carbocycles. The first-order valence-corrected chi connectivity index (χ1v) is 11.7. The molecule has 1 fully saturated rings. The van der Waals surface area contributed by atoms with Crippen LogP contribution in [-0.2, 0) is 0 Å². The average molecular weight is 445 g/mol. The van der Waals surface area contributed by atoms with Crippen molar-refractivity contribution in [2.45, 2.75) is 57.9 Å². The molecule has 0 spiro atoms. The number of nitrogens with one attached hydrogen (secondary N) is 5. The lowest BCUT2D eigenvalue weighted by molar-refractivity contribution is 0.262. The highest BCUT2D eigenvalue weighted by Gasteiger charge is 2.16. The minimum absolute atomic E-state index is 0.280. The molecule has 1 aliphatic carbocycles. The van der Waals surface area contributed by atoms with Crippen molar-refractivity contribution < 1.29 is 4.79 Å². The fourth-order valence-electron chi connectivity index (χ4n) is 4.29. The Kier molecular flexibility index (Phi) is 7.07. The number of nitrogens with zero attached hydrogens (tertiary/aromatic N) is 1.